The normalized spacial score (nSPS) is 16.1. The molecule has 0 N–H and O–H groups in total. The molecule has 0 atom stereocenters. The second-order valence-electron chi connectivity index (χ2n) is 8.10. The average molecular weight is 456 g/mol. The van der Waals surface area contributed by atoms with Gasteiger partial charge in [0, 0.05) is 19.8 Å². The van der Waals surface area contributed by atoms with Crippen molar-refractivity contribution in [2.75, 3.05) is 23.9 Å². The van der Waals surface area contributed by atoms with E-state index in [0.29, 0.717) is 10.1 Å². The topological polar surface area (TPSA) is 35.9 Å². The van der Waals surface area contributed by atoms with E-state index in [1.54, 1.807) is 4.90 Å². The summed E-state index contributed by atoms with van der Waals surface area (Å²) in [5, 5.41) is 0.693. The van der Waals surface area contributed by atoms with Crippen LogP contribution in [-0.2, 0) is 17.6 Å². The minimum Gasteiger partial charge on any atom is -0.378 e. The van der Waals surface area contributed by atoms with Gasteiger partial charge >= 0.3 is 0 Å². The first kappa shape index (κ1) is 22.9. The molecule has 33 heavy (non-hydrogen) atoms. The van der Waals surface area contributed by atoms with Crippen LogP contribution in [0.2, 0.25) is 0 Å². The monoisotopic (exact) mass is 455 g/mol. The van der Waals surface area contributed by atoms with Crippen LogP contribution in [0.5, 0.6) is 0 Å². The molecule has 1 aliphatic rings. The molecule has 0 bridgehead atoms. The van der Waals surface area contributed by atoms with Crippen LogP contribution in [-0.4, -0.2) is 25.2 Å². The second kappa shape index (κ2) is 10.1. The number of rotatable bonds is 6. The van der Waals surface area contributed by atoms with E-state index in [9.17, 15) is 4.79 Å². The summed E-state index contributed by atoms with van der Waals surface area (Å²) in [6.45, 7) is 4.23. The van der Waals surface area contributed by atoms with Gasteiger partial charge in [-0.15, -0.1) is 0 Å². The van der Waals surface area contributed by atoms with Crippen molar-refractivity contribution in [2.45, 2.75) is 26.7 Å². The molecule has 168 valence electrons. The maximum Gasteiger partial charge on any atom is 0.271 e. The number of para-hydroxylation sites is 2. The molecular formula is C28H29N3OS. The summed E-state index contributed by atoms with van der Waals surface area (Å²) >= 11 is 1.44. The van der Waals surface area contributed by atoms with Gasteiger partial charge in [0.15, 0.2) is 5.17 Å². The summed E-state index contributed by atoms with van der Waals surface area (Å²) < 4.78 is 0. The van der Waals surface area contributed by atoms with Gasteiger partial charge in [-0.1, -0.05) is 62.4 Å². The minimum atomic E-state index is -0.0367. The Kier molecular flexibility index (Phi) is 6.99. The molecule has 0 unspecified atom stereocenters. The number of nitrogens with zero attached hydrogens (tertiary/aromatic N) is 3. The zero-order valence-electron chi connectivity index (χ0n) is 19.6. The van der Waals surface area contributed by atoms with Crippen molar-refractivity contribution >= 4 is 46.0 Å². The predicted molar refractivity (Wildman–Crippen MR) is 143 cm³/mol. The number of amidine groups is 1. The van der Waals surface area contributed by atoms with Gasteiger partial charge in [0.1, 0.15) is 0 Å². The van der Waals surface area contributed by atoms with E-state index >= 15 is 0 Å². The van der Waals surface area contributed by atoms with Crippen molar-refractivity contribution in [1.29, 1.82) is 0 Å². The smallest absolute Gasteiger partial charge is 0.271 e. The number of carbonyl (C=O) groups excluding carboxylic acids is 1. The maximum absolute atomic E-state index is 13.7. The zero-order valence-corrected chi connectivity index (χ0v) is 20.4. The fourth-order valence-electron chi connectivity index (χ4n) is 3.83. The minimum absolute atomic E-state index is 0.0367. The molecule has 0 saturated carbocycles. The summed E-state index contributed by atoms with van der Waals surface area (Å²) in [5.74, 6) is -0.0367. The van der Waals surface area contributed by atoms with Gasteiger partial charge < -0.3 is 4.90 Å². The lowest BCUT2D eigenvalue weighted by Gasteiger charge is -2.19. The first-order valence-corrected chi connectivity index (χ1v) is 12.1. The highest BCUT2D eigenvalue weighted by Gasteiger charge is 2.35. The Balaban J connectivity index is 1.79. The van der Waals surface area contributed by atoms with E-state index in [1.807, 2.05) is 68.7 Å². The summed E-state index contributed by atoms with van der Waals surface area (Å²) in [5.41, 5.74) is 6.22. The Bertz CT molecular complexity index is 1210. The van der Waals surface area contributed by atoms with E-state index in [0.717, 1.165) is 41.0 Å². The number of thioether (sulfide) groups is 1. The number of hydrogen-bond donors (Lipinski definition) is 0. The molecule has 3 aromatic carbocycles. The fraction of sp³-hybridized carbons (Fsp3) is 0.214. The Morgan fingerprint density at radius 2 is 1.52 bits per heavy atom. The average Bonchev–Trinajstić information content (AvgIpc) is 3.13. The van der Waals surface area contributed by atoms with Crippen LogP contribution in [0.4, 0.5) is 17.1 Å². The number of hydrogen-bond acceptors (Lipinski definition) is 4. The first-order chi connectivity index (χ1) is 16.0. The molecule has 0 aliphatic carbocycles. The van der Waals surface area contributed by atoms with Crippen LogP contribution in [0.15, 0.2) is 82.7 Å². The van der Waals surface area contributed by atoms with Gasteiger partial charge in [0.2, 0.25) is 0 Å². The standard InChI is InChI=1S/C28H29N3OS/c1-5-21-11-7-9-13-24(21)29-28-31(25-14-10-8-12-22(25)6-2)27(32)26(33-28)19-20-15-17-23(18-16-20)30(3)4/h7-19H,5-6H2,1-4H3/b26-19+,29-28?. The summed E-state index contributed by atoms with van der Waals surface area (Å²) in [4.78, 5) is 23.1. The summed E-state index contributed by atoms with van der Waals surface area (Å²) in [6.07, 6.45) is 3.69. The lowest BCUT2D eigenvalue weighted by Crippen LogP contribution is -2.29. The van der Waals surface area contributed by atoms with Gasteiger partial charge in [-0.05, 0) is 71.6 Å². The van der Waals surface area contributed by atoms with Gasteiger partial charge in [-0.3, -0.25) is 9.69 Å². The van der Waals surface area contributed by atoms with E-state index in [1.165, 1.54) is 17.3 Å². The Labute approximate surface area is 200 Å². The van der Waals surface area contributed by atoms with Gasteiger partial charge in [0.05, 0.1) is 16.3 Å². The first-order valence-electron chi connectivity index (χ1n) is 11.3. The van der Waals surface area contributed by atoms with E-state index in [4.69, 9.17) is 4.99 Å². The molecule has 4 rings (SSSR count). The van der Waals surface area contributed by atoms with Crippen LogP contribution >= 0.6 is 11.8 Å². The third-order valence-electron chi connectivity index (χ3n) is 5.72. The zero-order chi connectivity index (χ0) is 23.4. The maximum atomic E-state index is 13.7. The molecule has 1 saturated heterocycles. The second-order valence-corrected chi connectivity index (χ2v) is 9.11. The van der Waals surface area contributed by atoms with E-state index in [-0.39, 0.29) is 5.91 Å². The van der Waals surface area contributed by atoms with Crippen molar-refractivity contribution in [2.24, 2.45) is 4.99 Å². The van der Waals surface area contributed by atoms with Crippen molar-refractivity contribution < 1.29 is 4.79 Å². The van der Waals surface area contributed by atoms with Gasteiger partial charge in [0.25, 0.3) is 5.91 Å². The molecule has 5 heteroatoms. The number of amides is 1. The number of benzene rings is 3. The third kappa shape index (κ3) is 4.88. The highest BCUT2D eigenvalue weighted by molar-refractivity contribution is 8.19. The number of aliphatic imine (C=N–C) groups is 1. The van der Waals surface area contributed by atoms with Crippen LogP contribution < -0.4 is 9.80 Å². The van der Waals surface area contributed by atoms with Crippen molar-refractivity contribution in [3.8, 4) is 0 Å². The third-order valence-corrected chi connectivity index (χ3v) is 6.68. The van der Waals surface area contributed by atoms with E-state index < -0.39 is 0 Å². The molecule has 1 heterocycles. The van der Waals surface area contributed by atoms with Crippen LogP contribution in [0.3, 0.4) is 0 Å². The van der Waals surface area contributed by atoms with Crippen molar-refractivity contribution in [3.05, 3.63) is 94.4 Å². The highest BCUT2D eigenvalue weighted by atomic mass is 32.2. The van der Waals surface area contributed by atoms with Gasteiger partial charge in [-0.25, -0.2) is 4.99 Å². The number of anilines is 2. The Morgan fingerprint density at radius 3 is 2.18 bits per heavy atom. The number of carbonyl (C=O) groups is 1. The number of aryl methyl sites for hydroxylation is 2. The van der Waals surface area contributed by atoms with Crippen LogP contribution in [0, 0.1) is 0 Å². The van der Waals surface area contributed by atoms with Crippen LogP contribution in [0.1, 0.15) is 30.5 Å². The molecular weight excluding hydrogens is 426 g/mol. The van der Waals surface area contributed by atoms with Crippen LogP contribution in [0.25, 0.3) is 6.08 Å². The largest absolute Gasteiger partial charge is 0.378 e. The SMILES string of the molecule is CCc1ccccc1N=C1S/C(=C/c2ccc(N(C)C)cc2)C(=O)N1c1ccccc1CC. The molecule has 0 aromatic heterocycles. The summed E-state index contributed by atoms with van der Waals surface area (Å²) in [6, 6.07) is 24.4. The quantitative estimate of drug-likeness (QED) is 0.389. The highest BCUT2D eigenvalue weighted by Crippen LogP contribution is 2.39. The van der Waals surface area contributed by atoms with Gasteiger partial charge in [-0.2, -0.15) is 0 Å². The van der Waals surface area contributed by atoms with Crippen molar-refractivity contribution in [3.63, 3.8) is 0 Å². The fourth-order valence-corrected chi connectivity index (χ4v) is 4.82. The molecule has 1 fully saturated rings. The summed E-state index contributed by atoms with van der Waals surface area (Å²) in [7, 11) is 4.04. The lowest BCUT2D eigenvalue weighted by atomic mass is 10.1. The molecule has 1 amide bonds. The Hall–Kier alpha value is -3.31. The molecule has 4 nitrogen and oxygen atoms in total. The Morgan fingerprint density at radius 1 is 0.879 bits per heavy atom. The molecule has 0 radical (unpaired) electrons. The molecule has 3 aromatic rings. The predicted octanol–water partition coefficient (Wildman–Crippen LogP) is 6.69. The lowest BCUT2D eigenvalue weighted by molar-refractivity contribution is -0.113. The van der Waals surface area contributed by atoms with Crippen molar-refractivity contribution in [1.82, 2.24) is 0 Å². The van der Waals surface area contributed by atoms with E-state index in [2.05, 4.69) is 43.0 Å². The molecule has 1 aliphatic heterocycles. The molecule has 0 spiro atoms.